The Morgan fingerprint density at radius 3 is 2.52 bits per heavy atom. The van der Waals surface area contributed by atoms with Crippen LogP contribution in [-0.4, -0.2) is 42.1 Å². The second kappa shape index (κ2) is 6.09. The van der Waals surface area contributed by atoms with Crippen molar-refractivity contribution in [3.05, 3.63) is 22.8 Å². The van der Waals surface area contributed by atoms with Crippen molar-refractivity contribution in [2.24, 2.45) is 5.92 Å². The van der Waals surface area contributed by atoms with E-state index in [1.54, 1.807) is 7.05 Å². The second-order valence-electron chi connectivity index (χ2n) is 4.91. The molecule has 1 aromatic rings. The molecule has 1 amide bonds. The Morgan fingerprint density at radius 1 is 1.43 bits per heavy atom. The van der Waals surface area contributed by atoms with Crippen LogP contribution in [-0.2, 0) is 0 Å². The second-order valence-corrected chi connectivity index (χ2v) is 5.32. The molecule has 0 aliphatic carbocycles. The molecule has 0 spiro atoms. The van der Waals surface area contributed by atoms with Crippen LogP contribution >= 0.6 is 11.6 Å². The zero-order chi connectivity index (χ0) is 15.6. The van der Waals surface area contributed by atoms with Gasteiger partial charge in [0.05, 0.1) is 16.5 Å². The molecule has 21 heavy (non-hydrogen) atoms. The fourth-order valence-corrected chi connectivity index (χ4v) is 2.59. The summed E-state index contributed by atoms with van der Waals surface area (Å²) in [6.07, 6.45) is -2.94. The highest BCUT2D eigenvalue weighted by atomic mass is 35.5. The number of rotatable bonds is 2. The van der Waals surface area contributed by atoms with Gasteiger partial charge in [-0.3, -0.25) is 4.79 Å². The highest BCUT2D eigenvalue weighted by Crippen LogP contribution is 2.34. The van der Waals surface area contributed by atoms with Gasteiger partial charge in [0, 0.05) is 26.3 Å². The predicted molar refractivity (Wildman–Crippen MR) is 73.5 cm³/mol. The van der Waals surface area contributed by atoms with Crippen LogP contribution < -0.4 is 5.32 Å². The van der Waals surface area contributed by atoms with E-state index in [0.717, 1.165) is 0 Å². The van der Waals surface area contributed by atoms with Gasteiger partial charge < -0.3 is 10.2 Å². The van der Waals surface area contributed by atoms with Gasteiger partial charge in [0.2, 0.25) is 0 Å². The summed E-state index contributed by atoms with van der Waals surface area (Å²) in [5, 5.41) is 3.07. The third kappa shape index (κ3) is 3.58. The average molecular weight is 322 g/mol. The maximum Gasteiger partial charge on any atom is 0.391 e. The first-order chi connectivity index (χ1) is 9.82. The standard InChI is InChI=1S/C13H15ClF3N3O/c1-18-11-10(14)6-8(7-19-11)12(21)20-4-2-9(3-5-20)13(15,16)17/h6-7,9H,2-5H2,1H3,(H,18,19). The minimum absolute atomic E-state index is 0.0645. The highest BCUT2D eigenvalue weighted by Gasteiger charge is 2.41. The Kier molecular flexibility index (Phi) is 4.61. The van der Waals surface area contributed by atoms with E-state index in [1.165, 1.54) is 17.2 Å². The molecule has 8 heteroatoms. The summed E-state index contributed by atoms with van der Waals surface area (Å²) in [5.41, 5.74) is 0.282. The zero-order valence-electron chi connectivity index (χ0n) is 11.4. The number of hydrogen-bond acceptors (Lipinski definition) is 3. The van der Waals surface area contributed by atoms with Crippen LogP contribution in [0, 0.1) is 5.92 Å². The molecule has 0 aromatic carbocycles. The molecular weight excluding hydrogens is 307 g/mol. The Labute approximate surface area is 125 Å². The summed E-state index contributed by atoms with van der Waals surface area (Å²) in [5.74, 6) is -1.22. The summed E-state index contributed by atoms with van der Waals surface area (Å²) in [6.45, 7) is 0.183. The van der Waals surface area contributed by atoms with Crippen molar-refractivity contribution < 1.29 is 18.0 Å². The maximum atomic E-state index is 12.6. The monoisotopic (exact) mass is 321 g/mol. The number of nitrogens with zero attached hydrogens (tertiary/aromatic N) is 2. The summed E-state index contributed by atoms with van der Waals surface area (Å²) in [7, 11) is 1.65. The number of amides is 1. The molecule has 1 fully saturated rings. The van der Waals surface area contributed by atoms with Gasteiger partial charge in [-0.05, 0) is 18.9 Å². The molecule has 1 aromatic heterocycles. The lowest BCUT2D eigenvalue weighted by Gasteiger charge is -2.32. The Balaban J connectivity index is 2.04. The van der Waals surface area contributed by atoms with Gasteiger partial charge in [-0.1, -0.05) is 11.6 Å². The van der Waals surface area contributed by atoms with E-state index >= 15 is 0 Å². The minimum Gasteiger partial charge on any atom is -0.372 e. The molecule has 0 atom stereocenters. The van der Waals surface area contributed by atoms with Crippen molar-refractivity contribution in [2.75, 3.05) is 25.5 Å². The predicted octanol–water partition coefficient (Wildman–Crippen LogP) is 3.19. The van der Waals surface area contributed by atoms with E-state index in [9.17, 15) is 18.0 Å². The number of hydrogen-bond donors (Lipinski definition) is 1. The van der Waals surface area contributed by atoms with Gasteiger partial charge in [0.25, 0.3) is 5.91 Å². The van der Waals surface area contributed by atoms with Gasteiger partial charge in [-0.15, -0.1) is 0 Å². The van der Waals surface area contributed by atoms with Crippen molar-refractivity contribution in [3.8, 4) is 0 Å². The Hall–Kier alpha value is -1.50. The molecule has 1 aliphatic heterocycles. The fourth-order valence-electron chi connectivity index (χ4n) is 2.33. The van der Waals surface area contributed by atoms with E-state index in [1.807, 2.05) is 0 Å². The molecule has 0 radical (unpaired) electrons. The van der Waals surface area contributed by atoms with Gasteiger partial charge in [-0.25, -0.2) is 4.98 Å². The first-order valence-corrected chi connectivity index (χ1v) is 6.90. The number of pyridine rings is 1. The van der Waals surface area contributed by atoms with Gasteiger partial charge in [0.1, 0.15) is 5.82 Å². The number of halogens is 4. The summed E-state index contributed by atoms with van der Waals surface area (Å²) in [4.78, 5) is 17.6. The maximum absolute atomic E-state index is 12.6. The van der Waals surface area contributed by atoms with E-state index in [4.69, 9.17) is 11.6 Å². The van der Waals surface area contributed by atoms with Gasteiger partial charge in [-0.2, -0.15) is 13.2 Å². The molecule has 2 rings (SSSR count). The molecule has 0 unspecified atom stereocenters. The lowest BCUT2D eigenvalue weighted by atomic mass is 9.96. The van der Waals surface area contributed by atoms with E-state index in [0.29, 0.717) is 10.8 Å². The number of nitrogens with one attached hydrogen (secondary N) is 1. The summed E-state index contributed by atoms with van der Waals surface area (Å²) < 4.78 is 37.8. The third-order valence-electron chi connectivity index (χ3n) is 3.57. The molecule has 2 heterocycles. The van der Waals surface area contributed by atoms with Crippen molar-refractivity contribution in [3.63, 3.8) is 0 Å². The Morgan fingerprint density at radius 2 is 2.05 bits per heavy atom. The molecule has 1 saturated heterocycles. The van der Waals surface area contributed by atoms with Crippen LogP contribution in [0.1, 0.15) is 23.2 Å². The number of anilines is 1. The molecule has 116 valence electrons. The van der Waals surface area contributed by atoms with Crippen LogP contribution in [0.15, 0.2) is 12.3 Å². The van der Waals surface area contributed by atoms with Crippen LogP contribution in [0.5, 0.6) is 0 Å². The van der Waals surface area contributed by atoms with Crippen molar-refractivity contribution >= 4 is 23.3 Å². The molecule has 4 nitrogen and oxygen atoms in total. The summed E-state index contributed by atoms with van der Waals surface area (Å²) in [6, 6.07) is 1.47. The van der Waals surface area contributed by atoms with Crippen LogP contribution in [0.3, 0.4) is 0 Å². The van der Waals surface area contributed by atoms with Crippen molar-refractivity contribution in [1.29, 1.82) is 0 Å². The van der Waals surface area contributed by atoms with Crippen molar-refractivity contribution in [1.82, 2.24) is 9.88 Å². The number of likely N-dealkylation sites (tertiary alicyclic amines) is 1. The van der Waals surface area contributed by atoms with E-state index < -0.39 is 12.1 Å². The molecule has 0 saturated carbocycles. The van der Waals surface area contributed by atoms with Crippen LogP contribution in [0.4, 0.5) is 19.0 Å². The van der Waals surface area contributed by atoms with Crippen LogP contribution in [0.2, 0.25) is 5.02 Å². The first kappa shape index (κ1) is 15.9. The van der Waals surface area contributed by atoms with Gasteiger partial charge >= 0.3 is 6.18 Å². The largest absolute Gasteiger partial charge is 0.391 e. The van der Waals surface area contributed by atoms with Crippen molar-refractivity contribution in [2.45, 2.75) is 19.0 Å². The number of alkyl halides is 3. The summed E-state index contributed by atoms with van der Waals surface area (Å²) >= 11 is 5.95. The molecule has 1 N–H and O–H groups in total. The lowest BCUT2D eigenvalue weighted by molar-refractivity contribution is -0.183. The molecule has 1 aliphatic rings. The number of aromatic nitrogens is 1. The average Bonchev–Trinajstić information content (AvgIpc) is 2.45. The number of carbonyl (C=O) groups is 1. The highest BCUT2D eigenvalue weighted by molar-refractivity contribution is 6.33. The quantitative estimate of drug-likeness (QED) is 0.910. The molecule has 0 bridgehead atoms. The van der Waals surface area contributed by atoms with Gasteiger partial charge in [0.15, 0.2) is 0 Å². The number of carbonyl (C=O) groups excluding carboxylic acids is 1. The van der Waals surface area contributed by atoms with E-state index in [2.05, 4.69) is 10.3 Å². The third-order valence-corrected chi connectivity index (χ3v) is 3.86. The Bertz CT molecular complexity index is 528. The van der Waals surface area contributed by atoms with Crippen LogP contribution in [0.25, 0.3) is 0 Å². The SMILES string of the molecule is CNc1ncc(C(=O)N2CCC(C(F)(F)F)CC2)cc1Cl. The lowest BCUT2D eigenvalue weighted by Crippen LogP contribution is -2.42. The smallest absolute Gasteiger partial charge is 0.372 e. The minimum atomic E-state index is -4.19. The fraction of sp³-hybridized carbons (Fsp3) is 0.538. The topological polar surface area (TPSA) is 45.2 Å². The number of piperidine rings is 1. The molecular formula is C13H15ClF3N3O. The van der Waals surface area contributed by atoms with E-state index in [-0.39, 0.29) is 37.4 Å². The first-order valence-electron chi connectivity index (χ1n) is 6.52. The normalized spacial score (nSPS) is 16.9. The zero-order valence-corrected chi connectivity index (χ0v) is 12.1.